The van der Waals surface area contributed by atoms with E-state index in [9.17, 15) is 5.21 Å². The first-order chi connectivity index (χ1) is 7.22. The molecule has 0 aliphatic rings. The van der Waals surface area contributed by atoms with Crippen LogP contribution in [0.15, 0.2) is 23.3 Å². The summed E-state index contributed by atoms with van der Waals surface area (Å²) in [6, 6.07) is 4.48. The molecular formula is C9H9N3O3. The number of rotatable bonds is 3. The van der Waals surface area contributed by atoms with E-state index in [4.69, 9.17) is 14.7 Å². The smallest absolute Gasteiger partial charge is 0.274 e. The normalized spacial score (nSPS) is 10.6. The van der Waals surface area contributed by atoms with E-state index in [1.165, 1.54) is 32.5 Å². The van der Waals surface area contributed by atoms with Gasteiger partial charge in [-0.15, -0.1) is 0 Å². The Morgan fingerprint density at radius 2 is 2.00 bits per heavy atom. The van der Waals surface area contributed by atoms with Crippen molar-refractivity contribution in [1.82, 2.24) is 0 Å². The van der Waals surface area contributed by atoms with Crippen molar-refractivity contribution in [3.05, 3.63) is 23.4 Å². The van der Waals surface area contributed by atoms with Gasteiger partial charge in [0.25, 0.3) is 6.19 Å². The highest BCUT2D eigenvalue weighted by molar-refractivity contribution is 5.48. The molecule has 78 valence electrons. The lowest BCUT2D eigenvalue weighted by molar-refractivity contribution is -0.435. The second-order valence-corrected chi connectivity index (χ2v) is 2.51. The zero-order valence-electron chi connectivity index (χ0n) is 8.30. The lowest BCUT2D eigenvalue weighted by atomic mass is 10.3. The van der Waals surface area contributed by atoms with Gasteiger partial charge in [0.1, 0.15) is 0 Å². The standard InChI is InChI=1S/C9H9N3O3/c1-14-8-4-3-7(5-9(8)15-2)12(13)11-6-10/h3-5H,1-2H3. The van der Waals surface area contributed by atoms with E-state index >= 15 is 0 Å². The van der Waals surface area contributed by atoms with E-state index in [0.29, 0.717) is 11.5 Å². The lowest BCUT2D eigenvalue weighted by Crippen LogP contribution is -1.94. The van der Waals surface area contributed by atoms with E-state index in [2.05, 4.69) is 5.11 Å². The molecule has 0 spiro atoms. The summed E-state index contributed by atoms with van der Waals surface area (Å²) in [5.74, 6) is 0.913. The summed E-state index contributed by atoms with van der Waals surface area (Å²) < 4.78 is 9.98. The van der Waals surface area contributed by atoms with Crippen LogP contribution in [0.25, 0.3) is 0 Å². The molecule has 0 bridgehead atoms. The molecule has 6 heteroatoms. The number of methoxy groups -OCH3 is 2. The Bertz CT molecular complexity index is 423. The Labute approximate surface area is 86.6 Å². The van der Waals surface area contributed by atoms with Crippen molar-refractivity contribution < 1.29 is 14.3 Å². The highest BCUT2D eigenvalue weighted by Gasteiger charge is 2.10. The van der Waals surface area contributed by atoms with Crippen LogP contribution in [0.2, 0.25) is 0 Å². The number of azo groups is 1. The van der Waals surface area contributed by atoms with Crippen LogP contribution in [0.1, 0.15) is 0 Å². The number of benzene rings is 1. The van der Waals surface area contributed by atoms with Crippen molar-refractivity contribution in [2.45, 2.75) is 0 Å². The summed E-state index contributed by atoms with van der Waals surface area (Å²) in [6.45, 7) is 0. The Kier molecular flexibility index (Phi) is 3.46. The zero-order valence-corrected chi connectivity index (χ0v) is 8.30. The SMILES string of the molecule is COc1ccc([N+]([O-])=NC#N)cc1OC. The summed E-state index contributed by atoms with van der Waals surface area (Å²) in [5, 5.41) is 22.4. The van der Waals surface area contributed by atoms with Crippen LogP contribution in [0.3, 0.4) is 0 Å². The molecule has 0 radical (unpaired) electrons. The molecule has 1 rings (SSSR count). The van der Waals surface area contributed by atoms with Crippen LogP contribution < -0.4 is 9.47 Å². The van der Waals surface area contributed by atoms with E-state index in [1.807, 2.05) is 0 Å². The van der Waals surface area contributed by atoms with Crippen LogP contribution >= 0.6 is 0 Å². The minimum absolute atomic E-state index is 0.203. The number of nitrogens with zero attached hydrogens (tertiary/aromatic N) is 3. The summed E-state index contributed by atoms with van der Waals surface area (Å²) in [5.41, 5.74) is 0.203. The third-order valence-corrected chi connectivity index (χ3v) is 1.72. The zero-order chi connectivity index (χ0) is 11.3. The Balaban J connectivity index is 3.15. The Morgan fingerprint density at radius 1 is 1.33 bits per heavy atom. The Hall–Kier alpha value is -2.29. The molecule has 0 fully saturated rings. The van der Waals surface area contributed by atoms with Crippen LogP contribution in [0, 0.1) is 16.7 Å². The second kappa shape index (κ2) is 4.81. The van der Waals surface area contributed by atoms with Gasteiger partial charge in [-0.25, -0.2) is 0 Å². The van der Waals surface area contributed by atoms with Gasteiger partial charge in [-0.1, -0.05) is 0 Å². The molecule has 0 atom stereocenters. The molecule has 15 heavy (non-hydrogen) atoms. The predicted molar refractivity (Wildman–Crippen MR) is 50.9 cm³/mol. The highest BCUT2D eigenvalue weighted by Crippen LogP contribution is 2.30. The molecule has 0 amide bonds. The number of nitriles is 1. The topological polar surface area (TPSA) is 80.7 Å². The molecule has 0 N–H and O–H groups in total. The third kappa shape index (κ3) is 2.34. The molecule has 1 aromatic rings. The van der Waals surface area contributed by atoms with Gasteiger partial charge in [0.15, 0.2) is 11.5 Å². The summed E-state index contributed by atoms with van der Waals surface area (Å²) in [7, 11) is 2.95. The van der Waals surface area contributed by atoms with Crippen molar-refractivity contribution >= 4 is 5.69 Å². The van der Waals surface area contributed by atoms with Crippen molar-refractivity contribution in [2.24, 2.45) is 5.11 Å². The number of hydrogen-bond acceptors (Lipinski definition) is 5. The van der Waals surface area contributed by atoms with Crippen LogP contribution in [0.4, 0.5) is 5.69 Å². The molecule has 6 nitrogen and oxygen atoms in total. The van der Waals surface area contributed by atoms with E-state index in [0.717, 1.165) is 0 Å². The molecule has 0 saturated heterocycles. The fraction of sp³-hybridized carbons (Fsp3) is 0.222. The largest absolute Gasteiger partial charge is 0.593 e. The van der Waals surface area contributed by atoms with Gasteiger partial charge in [-0.3, -0.25) is 0 Å². The molecule has 0 aliphatic carbocycles. The van der Waals surface area contributed by atoms with E-state index < -0.39 is 0 Å². The van der Waals surface area contributed by atoms with E-state index in [1.54, 1.807) is 6.07 Å². The minimum Gasteiger partial charge on any atom is -0.593 e. The monoisotopic (exact) mass is 207 g/mol. The average molecular weight is 207 g/mol. The van der Waals surface area contributed by atoms with Gasteiger partial charge in [0, 0.05) is 6.07 Å². The summed E-state index contributed by atoms with van der Waals surface area (Å²) >= 11 is 0. The fourth-order valence-electron chi connectivity index (χ4n) is 1.04. The predicted octanol–water partition coefficient (Wildman–Crippen LogP) is 1.78. The molecule has 1 aromatic carbocycles. The second-order valence-electron chi connectivity index (χ2n) is 2.51. The lowest BCUT2D eigenvalue weighted by Gasteiger charge is -2.06. The quantitative estimate of drug-likeness (QED) is 0.327. The van der Waals surface area contributed by atoms with Crippen molar-refractivity contribution in [3.63, 3.8) is 0 Å². The van der Waals surface area contributed by atoms with Crippen molar-refractivity contribution in [2.75, 3.05) is 14.2 Å². The van der Waals surface area contributed by atoms with Gasteiger partial charge in [0.2, 0.25) is 5.69 Å². The fourth-order valence-corrected chi connectivity index (χ4v) is 1.04. The van der Waals surface area contributed by atoms with Gasteiger partial charge >= 0.3 is 0 Å². The van der Waals surface area contributed by atoms with Gasteiger partial charge in [-0.2, -0.15) is 5.26 Å². The van der Waals surface area contributed by atoms with Crippen LogP contribution in [-0.4, -0.2) is 19.1 Å². The van der Waals surface area contributed by atoms with Crippen LogP contribution in [0.5, 0.6) is 11.5 Å². The Morgan fingerprint density at radius 3 is 2.53 bits per heavy atom. The van der Waals surface area contributed by atoms with Crippen molar-refractivity contribution in [1.29, 1.82) is 5.26 Å². The first-order valence-electron chi connectivity index (χ1n) is 4.02. The first kappa shape index (κ1) is 10.8. The first-order valence-corrected chi connectivity index (χ1v) is 4.02. The molecule has 0 saturated carbocycles. The number of ether oxygens (including phenoxy) is 2. The maximum atomic E-state index is 11.1. The summed E-state index contributed by atoms with van der Waals surface area (Å²) in [4.78, 5) is 0.210. The molecule has 0 aliphatic heterocycles. The summed E-state index contributed by atoms with van der Waals surface area (Å²) in [6.07, 6.45) is 1.40. The molecule has 0 aromatic heterocycles. The highest BCUT2D eigenvalue weighted by atomic mass is 16.5. The van der Waals surface area contributed by atoms with Crippen molar-refractivity contribution in [3.8, 4) is 17.7 Å². The maximum absolute atomic E-state index is 11.1. The van der Waals surface area contributed by atoms with E-state index in [-0.39, 0.29) is 10.5 Å². The molecule has 0 unspecified atom stereocenters. The molecule has 0 heterocycles. The van der Waals surface area contributed by atoms with Gasteiger partial charge in [-0.05, 0) is 10.9 Å². The molecular weight excluding hydrogens is 198 g/mol. The number of hydrogen-bond donors (Lipinski definition) is 0. The third-order valence-electron chi connectivity index (χ3n) is 1.72. The average Bonchev–Trinajstić information content (AvgIpc) is 2.28. The minimum atomic E-state index is 0.203. The maximum Gasteiger partial charge on any atom is 0.274 e. The van der Waals surface area contributed by atoms with Gasteiger partial charge in [0.05, 0.1) is 25.4 Å². The van der Waals surface area contributed by atoms with Gasteiger partial charge < -0.3 is 14.7 Å². The van der Waals surface area contributed by atoms with Crippen LogP contribution in [-0.2, 0) is 0 Å².